The fourth-order valence-electron chi connectivity index (χ4n) is 4.77. The Labute approximate surface area is 193 Å². The highest BCUT2D eigenvalue weighted by molar-refractivity contribution is 6.31. The molecule has 0 aliphatic carbocycles. The lowest BCUT2D eigenvalue weighted by atomic mass is 9.96. The Balaban J connectivity index is 1.21. The number of amides is 2. The molecule has 2 N–H and O–H groups in total. The largest absolute Gasteiger partial charge is 0.353 e. The second kappa shape index (κ2) is 10.0. The third kappa shape index (κ3) is 5.79. The summed E-state index contributed by atoms with van der Waals surface area (Å²) in [6, 6.07) is 16.0. The van der Waals surface area contributed by atoms with Gasteiger partial charge in [-0.05, 0) is 61.6 Å². The minimum absolute atomic E-state index is 0.0121. The molecule has 0 radical (unpaired) electrons. The number of fused-ring (bicyclic) bond motifs is 2. The summed E-state index contributed by atoms with van der Waals surface area (Å²) in [4.78, 5) is 27.1. The molecule has 2 bridgehead atoms. The molecular formula is C24H27Cl2N3O2. The van der Waals surface area contributed by atoms with Crippen molar-refractivity contribution < 1.29 is 9.59 Å². The number of halogens is 2. The zero-order chi connectivity index (χ0) is 21.8. The molecule has 164 valence electrons. The van der Waals surface area contributed by atoms with Crippen molar-refractivity contribution in [2.45, 2.75) is 56.8 Å². The maximum absolute atomic E-state index is 12.4. The minimum Gasteiger partial charge on any atom is -0.353 e. The van der Waals surface area contributed by atoms with Crippen molar-refractivity contribution in [1.29, 1.82) is 0 Å². The lowest BCUT2D eigenvalue weighted by Gasteiger charge is -2.39. The van der Waals surface area contributed by atoms with Gasteiger partial charge < -0.3 is 10.6 Å². The van der Waals surface area contributed by atoms with E-state index in [4.69, 9.17) is 23.2 Å². The van der Waals surface area contributed by atoms with Gasteiger partial charge in [0.2, 0.25) is 5.91 Å². The van der Waals surface area contributed by atoms with Crippen LogP contribution in [0.5, 0.6) is 0 Å². The molecule has 5 nitrogen and oxygen atoms in total. The Morgan fingerprint density at radius 2 is 1.68 bits per heavy atom. The molecule has 0 spiro atoms. The standard InChI is InChI=1S/C24H27Cl2N3O2/c25-18-6-4-16(5-7-18)15-29-21-8-9-22(29)14-20(13-21)28-23(30)10-11-27-24(31)17-2-1-3-19(26)12-17/h1-7,12,20-22H,8-11,13-15H2,(H,27,31)(H,28,30)/t21-,22-/m0/s1. The highest BCUT2D eigenvalue weighted by Gasteiger charge is 2.40. The number of nitrogens with zero attached hydrogens (tertiary/aromatic N) is 1. The molecule has 7 heteroatoms. The average molecular weight is 460 g/mol. The summed E-state index contributed by atoms with van der Waals surface area (Å²) in [6.45, 7) is 1.24. The Kier molecular flexibility index (Phi) is 7.16. The van der Waals surface area contributed by atoms with Crippen LogP contribution in [0.1, 0.15) is 48.0 Å². The molecule has 0 aromatic heterocycles. The van der Waals surface area contributed by atoms with Crippen molar-refractivity contribution in [2.75, 3.05) is 6.54 Å². The molecule has 2 aromatic carbocycles. The van der Waals surface area contributed by atoms with Gasteiger partial charge in [0.05, 0.1) is 0 Å². The van der Waals surface area contributed by atoms with Crippen LogP contribution < -0.4 is 10.6 Å². The van der Waals surface area contributed by atoms with Crippen LogP contribution in [0.15, 0.2) is 48.5 Å². The number of carbonyl (C=O) groups excluding carboxylic acids is 2. The van der Waals surface area contributed by atoms with E-state index in [-0.39, 0.29) is 24.3 Å². The highest BCUT2D eigenvalue weighted by Crippen LogP contribution is 2.37. The van der Waals surface area contributed by atoms with E-state index in [0.29, 0.717) is 29.2 Å². The zero-order valence-electron chi connectivity index (χ0n) is 17.3. The first-order valence-corrected chi connectivity index (χ1v) is 11.6. The molecule has 2 aromatic rings. The third-order valence-corrected chi connectivity index (χ3v) is 6.74. The summed E-state index contributed by atoms with van der Waals surface area (Å²) < 4.78 is 0. The van der Waals surface area contributed by atoms with Crippen LogP contribution in [0.25, 0.3) is 0 Å². The zero-order valence-corrected chi connectivity index (χ0v) is 18.8. The first-order valence-electron chi connectivity index (χ1n) is 10.8. The quantitative estimate of drug-likeness (QED) is 0.643. The molecule has 31 heavy (non-hydrogen) atoms. The van der Waals surface area contributed by atoms with Gasteiger partial charge in [0.25, 0.3) is 5.91 Å². The predicted molar refractivity (Wildman–Crippen MR) is 123 cm³/mol. The normalized spacial score (nSPS) is 22.8. The molecule has 2 aliphatic rings. The van der Waals surface area contributed by atoms with E-state index in [9.17, 15) is 9.59 Å². The number of piperidine rings is 1. The van der Waals surface area contributed by atoms with Crippen molar-refractivity contribution in [3.8, 4) is 0 Å². The van der Waals surface area contributed by atoms with Gasteiger partial charge in [0.1, 0.15) is 0 Å². The first-order chi connectivity index (χ1) is 15.0. The lowest BCUT2D eigenvalue weighted by Crippen LogP contribution is -2.50. The molecule has 2 fully saturated rings. The van der Waals surface area contributed by atoms with Crippen LogP contribution in [0, 0.1) is 0 Å². The fraction of sp³-hybridized carbons (Fsp3) is 0.417. The van der Waals surface area contributed by atoms with Crippen molar-refractivity contribution in [1.82, 2.24) is 15.5 Å². The van der Waals surface area contributed by atoms with Crippen molar-refractivity contribution >= 4 is 35.0 Å². The minimum atomic E-state index is -0.219. The summed E-state index contributed by atoms with van der Waals surface area (Å²) >= 11 is 11.9. The van der Waals surface area contributed by atoms with Gasteiger partial charge in [-0.1, -0.05) is 41.4 Å². The van der Waals surface area contributed by atoms with Gasteiger partial charge in [-0.2, -0.15) is 0 Å². The van der Waals surface area contributed by atoms with E-state index in [1.165, 1.54) is 18.4 Å². The van der Waals surface area contributed by atoms with Crippen LogP contribution in [0.3, 0.4) is 0 Å². The van der Waals surface area contributed by atoms with E-state index < -0.39 is 0 Å². The SMILES string of the molecule is O=C(CCNC(=O)c1cccc(Cl)c1)NC1C[C@@H]2CC[C@@H](C1)N2Cc1ccc(Cl)cc1. The van der Waals surface area contributed by atoms with Gasteiger partial charge in [-0.3, -0.25) is 14.5 Å². The molecular weight excluding hydrogens is 433 g/mol. The topological polar surface area (TPSA) is 61.4 Å². The van der Waals surface area contributed by atoms with E-state index >= 15 is 0 Å². The van der Waals surface area contributed by atoms with Crippen molar-refractivity contribution in [3.63, 3.8) is 0 Å². The van der Waals surface area contributed by atoms with Crippen LogP contribution in [0.4, 0.5) is 0 Å². The van der Waals surface area contributed by atoms with E-state index in [1.807, 2.05) is 12.1 Å². The Hall–Kier alpha value is -2.08. The lowest BCUT2D eigenvalue weighted by molar-refractivity contribution is -0.122. The monoisotopic (exact) mass is 459 g/mol. The second-order valence-electron chi connectivity index (χ2n) is 8.44. The number of hydrogen-bond acceptors (Lipinski definition) is 3. The number of rotatable bonds is 7. The average Bonchev–Trinajstić information content (AvgIpc) is 2.97. The number of benzene rings is 2. The fourth-order valence-corrected chi connectivity index (χ4v) is 5.09. The molecule has 2 aliphatic heterocycles. The van der Waals surface area contributed by atoms with Crippen LogP contribution in [-0.4, -0.2) is 41.4 Å². The van der Waals surface area contributed by atoms with Gasteiger partial charge in [-0.25, -0.2) is 0 Å². The molecule has 2 atom stereocenters. The summed E-state index contributed by atoms with van der Waals surface area (Å²) in [5.41, 5.74) is 1.77. The van der Waals surface area contributed by atoms with Crippen molar-refractivity contribution in [2.24, 2.45) is 0 Å². The number of nitrogens with one attached hydrogen (secondary N) is 2. The Bertz CT molecular complexity index is 921. The van der Waals surface area contributed by atoms with Gasteiger partial charge >= 0.3 is 0 Å². The number of hydrogen-bond donors (Lipinski definition) is 2. The maximum atomic E-state index is 12.4. The Morgan fingerprint density at radius 1 is 0.968 bits per heavy atom. The van der Waals surface area contributed by atoms with E-state index in [0.717, 1.165) is 24.4 Å². The van der Waals surface area contributed by atoms with Gasteiger partial charge in [0.15, 0.2) is 0 Å². The summed E-state index contributed by atoms with van der Waals surface area (Å²) in [5.74, 6) is -0.231. The molecule has 2 heterocycles. The molecule has 2 amide bonds. The molecule has 4 rings (SSSR count). The number of carbonyl (C=O) groups is 2. The molecule has 2 saturated heterocycles. The molecule has 0 saturated carbocycles. The van der Waals surface area contributed by atoms with Crippen molar-refractivity contribution in [3.05, 3.63) is 69.7 Å². The molecule has 0 unspecified atom stereocenters. The van der Waals surface area contributed by atoms with Gasteiger partial charge in [0, 0.05) is 53.2 Å². The Morgan fingerprint density at radius 3 is 2.35 bits per heavy atom. The smallest absolute Gasteiger partial charge is 0.251 e. The summed E-state index contributed by atoms with van der Waals surface area (Å²) in [5, 5.41) is 7.24. The predicted octanol–water partition coefficient (Wildman–Crippen LogP) is 4.43. The first kappa shape index (κ1) is 22.1. The van der Waals surface area contributed by atoms with Crippen LogP contribution in [0.2, 0.25) is 10.0 Å². The third-order valence-electron chi connectivity index (χ3n) is 6.25. The highest BCUT2D eigenvalue weighted by atomic mass is 35.5. The maximum Gasteiger partial charge on any atom is 0.251 e. The second-order valence-corrected chi connectivity index (χ2v) is 9.31. The van der Waals surface area contributed by atoms with Crippen LogP contribution >= 0.6 is 23.2 Å². The van der Waals surface area contributed by atoms with Crippen LogP contribution in [-0.2, 0) is 11.3 Å². The summed E-state index contributed by atoms with van der Waals surface area (Å²) in [6.07, 6.45) is 4.59. The van der Waals surface area contributed by atoms with E-state index in [1.54, 1.807) is 24.3 Å². The summed E-state index contributed by atoms with van der Waals surface area (Å²) in [7, 11) is 0. The van der Waals surface area contributed by atoms with E-state index in [2.05, 4.69) is 27.7 Å². The van der Waals surface area contributed by atoms with Gasteiger partial charge in [-0.15, -0.1) is 0 Å².